The van der Waals surface area contributed by atoms with E-state index in [9.17, 15) is 5.26 Å². The van der Waals surface area contributed by atoms with Gasteiger partial charge in [-0.3, -0.25) is 0 Å². The van der Waals surface area contributed by atoms with E-state index in [2.05, 4.69) is 83.6 Å². The molecule has 2 aromatic carbocycles. The average Bonchev–Trinajstić information content (AvgIpc) is 2.63. The van der Waals surface area contributed by atoms with Gasteiger partial charge in [0.25, 0.3) is 0 Å². The lowest BCUT2D eigenvalue weighted by Crippen LogP contribution is -2.29. The maximum absolute atomic E-state index is 9.72. The molecular weight excluding hydrogens is 313 g/mol. The topological polar surface area (TPSA) is 23.8 Å². The van der Waals surface area contributed by atoms with E-state index in [1.54, 1.807) is 6.08 Å². The molecular formula is C24H28BN. The first-order valence-electron chi connectivity index (χ1n) is 9.36. The average molecular weight is 341 g/mol. The molecule has 26 heavy (non-hydrogen) atoms. The lowest BCUT2D eigenvalue weighted by molar-refractivity contribution is 0.910. The predicted octanol–water partition coefficient (Wildman–Crippen LogP) is 5.60. The molecule has 2 rings (SSSR count). The normalized spacial score (nSPS) is 11.5. The number of nitriles is 1. The summed E-state index contributed by atoms with van der Waals surface area (Å²) < 4.78 is 0. The van der Waals surface area contributed by atoms with Crippen molar-refractivity contribution in [3.05, 3.63) is 82.4 Å². The van der Waals surface area contributed by atoms with Gasteiger partial charge in [-0.25, -0.2) is 0 Å². The van der Waals surface area contributed by atoms with Crippen molar-refractivity contribution in [2.24, 2.45) is 0 Å². The summed E-state index contributed by atoms with van der Waals surface area (Å²) in [6, 6.07) is 15.5. The van der Waals surface area contributed by atoms with Crippen LogP contribution in [0.1, 0.15) is 41.2 Å². The van der Waals surface area contributed by atoms with Crippen molar-refractivity contribution in [2.45, 2.75) is 47.4 Å². The van der Waals surface area contributed by atoms with E-state index in [1.165, 1.54) is 27.7 Å². The standard InChI is InChI=1S/C24H28BN/c1-7-9-21-14-19(5)23(15-18(21)4)24(20(8-2)16-26)25(6)22-12-10-17(3)11-13-22/h8,10-15H,2,7,9H2,1,3-6H3/b24-20-. The van der Waals surface area contributed by atoms with Gasteiger partial charge in [-0.2, -0.15) is 5.26 Å². The Morgan fingerprint density at radius 3 is 2.31 bits per heavy atom. The van der Waals surface area contributed by atoms with Gasteiger partial charge in [0.05, 0.1) is 6.07 Å². The Morgan fingerprint density at radius 2 is 1.77 bits per heavy atom. The Hall–Kier alpha value is -2.53. The van der Waals surface area contributed by atoms with Crippen molar-refractivity contribution < 1.29 is 0 Å². The van der Waals surface area contributed by atoms with E-state index in [0.717, 1.165) is 23.9 Å². The molecule has 0 atom stereocenters. The van der Waals surface area contributed by atoms with Gasteiger partial charge < -0.3 is 0 Å². The van der Waals surface area contributed by atoms with E-state index in [4.69, 9.17) is 0 Å². The van der Waals surface area contributed by atoms with Crippen LogP contribution in [0.3, 0.4) is 0 Å². The first kappa shape index (κ1) is 19.8. The van der Waals surface area contributed by atoms with Crippen molar-refractivity contribution in [1.82, 2.24) is 0 Å². The van der Waals surface area contributed by atoms with E-state index < -0.39 is 0 Å². The molecule has 1 nitrogen and oxygen atoms in total. The molecule has 0 aliphatic rings. The molecule has 0 bridgehead atoms. The Kier molecular flexibility index (Phi) is 6.64. The van der Waals surface area contributed by atoms with E-state index >= 15 is 0 Å². The number of hydrogen-bond acceptors (Lipinski definition) is 1. The molecule has 0 saturated carbocycles. The lowest BCUT2D eigenvalue weighted by atomic mass is 9.39. The van der Waals surface area contributed by atoms with Crippen LogP contribution in [0.25, 0.3) is 5.47 Å². The van der Waals surface area contributed by atoms with Gasteiger partial charge in [0.15, 0.2) is 0 Å². The second-order valence-corrected chi connectivity index (χ2v) is 7.12. The molecule has 2 heteroatoms. The third kappa shape index (κ3) is 4.17. The van der Waals surface area contributed by atoms with Gasteiger partial charge in [-0.05, 0) is 54.9 Å². The minimum Gasteiger partial charge on any atom is -0.192 e. The zero-order valence-corrected chi connectivity index (χ0v) is 16.7. The summed E-state index contributed by atoms with van der Waals surface area (Å²) >= 11 is 0. The smallest absolute Gasteiger partial charge is 0.192 e. The molecule has 2 aromatic rings. The monoisotopic (exact) mass is 341 g/mol. The Labute approximate surface area is 159 Å². The second-order valence-electron chi connectivity index (χ2n) is 7.12. The van der Waals surface area contributed by atoms with Crippen LogP contribution in [-0.2, 0) is 6.42 Å². The molecule has 0 N–H and O–H groups in total. The summed E-state index contributed by atoms with van der Waals surface area (Å²) in [6.07, 6.45) is 3.92. The fourth-order valence-corrected chi connectivity index (χ4v) is 3.55. The maximum Gasteiger partial charge on any atom is 0.208 e. The van der Waals surface area contributed by atoms with Crippen molar-refractivity contribution in [3.8, 4) is 6.07 Å². The third-order valence-corrected chi connectivity index (χ3v) is 5.12. The minimum absolute atomic E-state index is 0.123. The summed E-state index contributed by atoms with van der Waals surface area (Å²) in [6.45, 7) is 14.8. The number of nitrogens with zero attached hydrogens (tertiary/aromatic N) is 1. The minimum atomic E-state index is 0.123. The van der Waals surface area contributed by atoms with Gasteiger partial charge in [0, 0.05) is 5.57 Å². The van der Waals surface area contributed by atoms with Crippen LogP contribution in [-0.4, -0.2) is 6.71 Å². The second kappa shape index (κ2) is 8.72. The Balaban J connectivity index is 2.66. The van der Waals surface area contributed by atoms with Crippen LogP contribution >= 0.6 is 0 Å². The quantitative estimate of drug-likeness (QED) is 0.381. The van der Waals surface area contributed by atoms with Crippen LogP contribution in [0.5, 0.6) is 0 Å². The zero-order valence-electron chi connectivity index (χ0n) is 16.7. The highest BCUT2D eigenvalue weighted by Gasteiger charge is 2.22. The number of benzene rings is 2. The molecule has 0 amide bonds. The SMILES string of the molecule is C=C/C(C#N)=C(/B(C)c1ccc(C)cc1)c1cc(C)c(CCC)cc1C. The number of aryl methyl sites for hydroxylation is 4. The molecule has 0 unspecified atom stereocenters. The summed E-state index contributed by atoms with van der Waals surface area (Å²) in [5, 5.41) is 9.72. The first-order valence-corrected chi connectivity index (χ1v) is 9.36. The molecule has 0 spiro atoms. The zero-order chi connectivity index (χ0) is 19.3. The van der Waals surface area contributed by atoms with E-state index in [0.29, 0.717) is 5.57 Å². The van der Waals surface area contributed by atoms with E-state index in [1.807, 2.05) is 0 Å². The molecule has 0 aliphatic heterocycles. The summed E-state index contributed by atoms with van der Waals surface area (Å²) in [4.78, 5) is 0. The fourth-order valence-electron chi connectivity index (χ4n) is 3.55. The first-order chi connectivity index (χ1) is 12.4. The predicted molar refractivity (Wildman–Crippen MR) is 115 cm³/mol. The van der Waals surface area contributed by atoms with Gasteiger partial charge in [0.1, 0.15) is 0 Å². The van der Waals surface area contributed by atoms with Crippen LogP contribution in [0.2, 0.25) is 6.82 Å². The molecule has 0 aromatic heterocycles. The van der Waals surface area contributed by atoms with Gasteiger partial charge in [0.2, 0.25) is 6.71 Å². The molecule has 0 heterocycles. The molecule has 0 aliphatic carbocycles. The maximum atomic E-state index is 9.72. The lowest BCUT2D eigenvalue weighted by Gasteiger charge is -2.20. The van der Waals surface area contributed by atoms with Crippen LogP contribution in [0.4, 0.5) is 0 Å². The Morgan fingerprint density at radius 1 is 1.12 bits per heavy atom. The number of rotatable bonds is 6. The van der Waals surface area contributed by atoms with Crippen LogP contribution in [0.15, 0.2) is 54.6 Å². The van der Waals surface area contributed by atoms with Crippen molar-refractivity contribution in [2.75, 3.05) is 0 Å². The largest absolute Gasteiger partial charge is 0.208 e. The van der Waals surface area contributed by atoms with Crippen molar-refractivity contribution >= 4 is 17.6 Å². The van der Waals surface area contributed by atoms with Crippen molar-refractivity contribution in [3.63, 3.8) is 0 Å². The molecule has 0 saturated heterocycles. The molecule has 0 radical (unpaired) electrons. The van der Waals surface area contributed by atoms with Crippen LogP contribution in [0, 0.1) is 32.1 Å². The van der Waals surface area contributed by atoms with Crippen LogP contribution < -0.4 is 5.46 Å². The van der Waals surface area contributed by atoms with Gasteiger partial charge in [-0.1, -0.05) is 80.2 Å². The Bertz CT molecular complexity index is 866. The molecule has 132 valence electrons. The number of hydrogen-bond donors (Lipinski definition) is 0. The van der Waals surface area contributed by atoms with Crippen molar-refractivity contribution in [1.29, 1.82) is 5.26 Å². The third-order valence-electron chi connectivity index (χ3n) is 5.12. The fraction of sp³-hybridized carbons (Fsp3) is 0.292. The summed E-state index contributed by atoms with van der Waals surface area (Å²) in [7, 11) is 0. The van der Waals surface area contributed by atoms with Gasteiger partial charge in [-0.15, -0.1) is 0 Å². The summed E-state index contributed by atoms with van der Waals surface area (Å²) in [5.74, 6) is 0. The summed E-state index contributed by atoms with van der Waals surface area (Å²) in [5.41, 5.74) is 9.26. The highest BCUT2D eigenvalue weighted by atomic mass is 14.2. The number of allylic oxidation sites excluding steroid dienone is 2. The molecule has 0 fully saturated rings. The highest BCUT2D eigenvalue weighted by molar-refractivity contribution is 6.89. The van der Waals surface area contributed by atoms with E-state index in [-0.39, 0.29) is 6.71 Å². The highest BCUT2D eigenvalue weighted by Crippen LogP contribution is 2.28. The van der Waals surface area contributed by atoms with Gasteiger partial charge >= 0.3 is 0 Å².